The van der Waals surface area contributed by atoms with E-state index in [4.69, 9.17) is 5.11 Å². The van der Waals surface area contributed by atoms with E-state index >= 15 is 0 Å². The summed E-state index contributed by atoms with van der Waals surface area (Å²) in [5.41, 5.74) is 2.54. The number of hydrogen-bond acceptors (Lipinski definition) is 2. The molecule has 5 nitrogen and oxygen atoms in total. The number of hydrogen-bond donors (Lipinski definition) is 3. The minimum atomic E-state index is -0.851. The molecular weight excluding hydrogens is 244 g/mol. The van der Waals surface area contributed by atoms with Gasteiger partial charge in [-0.3, -0.25) is 9.59 Å². The van der Waals surface area contributed by atoms with E-state index in [2.05, 4.69) is 10.3 Å². The number of para-hydroxylation sites is 1. The summed E-state index contributed by atoms with van der Waals surface area (Å²) in [5, 5.41) is 12.2. The van der Waals surface area contributed by atoms with Crippen LogP contribution in [-0.4, -0.2) is 28.5 Å². The molecule has 1 aromatic heterocycles. The standard InChI is InChI=1S/C14H16N2O3/c1-9-4-2-5-10-8-11(16-13(9)10)14(19)15-7-3-6-12(17)18/h2,4-5,8,16H,3,6-7H2,1H3,(H,15,19)(H,17,18). The van der Waals surface area contributed by atoms with Crippen LogP contribution in [0, 0.1) is 6.92 Å². The van der Waals surface area contributed by atoms with Crippen molar-refractivity contribution in [1.29, 1.82) is 0 Å². The van der Waals surface area contributed by atoms with Gasteiger partial charge in [0, 0.05) is 23.9 Å². The van der Waals surface area contributed by atoms with E-state index < -0.39 is 5.97 Å². The normalized spacial score (nSPS) is 10.6. The Hall–Kier alpha value is -2.30. The third-order valence-electron chi connectivity index (χ3n) is 2.96. The van der Waals surface area contributed by atoms with Crippen molar-refractivity contribution in [3.8, 4) is 0 Å². The highest BCUT2D eigenvalue weighted by Crippen LogP contribution is 2.18. The van der Waals surface area contributed by atoms with Gasteiger partial charge in [-0.05, 0) is 25.0 Å². The predicted octanol–water partition coefficient (Wildman–Crippen LogP) is 2.07. The van der Waals surface area contributed by atoms with Gasteiger partial charge in [0.1, 0.15) is 5.69 Å². The van der Waals surface area contributed by atoms with Gasteiger partial charge in [0.2, 0.25) is 0 Å². The van der Waals surface area contributed by atoms with E-state index in [0.29, 0.717) is 18.7 Å². The van der Waals surface area contributed by atoms with Crippen LogP contribution in [0.2, 0.25) is 0 Å². The summed E-state index contributed by atoms with van der Waals surface area (Å²) in [4.78, 5) is 25.3. The van der Waals surface area contributed by atoms with Crippen LogP contribution in [0.15, 0.2) is 24.3 Å². The van der Waals surface area contributed by atoms with Crippen LogP contribution in [0.1, 0.15) is 28.9 Å². The molecule has 0 aliphatic rings. The Bertz CT molecular complexity index is 616. The summed E-state index contributed by atoms with van der Waals surface area (Å²) in [5.74, 6) is -1.06. The lowest BCUT2D eigenvalue weighted by Crippen LogP contribution is -2.25. The number of aliphatic carboxylic acids is 1. The van der Waals surface area contributed by atoms with E-state index in [1.54, 1.807) is 6.07 Å². The maximum absolute atomic E-state index is 11.9. The molecule has 3 N–H and O–H groups in total. The molecule has 0 atom stereocenters. The Balaban J connectivity index is 2.01. The molecule has 0 spiro atoms. The second-order valence-corrected chi connectivity index (χ2v) is 4.48. The Morgan fingerprint density at radius 1 is 1.37 bits per heavy atom. The molecule has 0 unspecified atom stereocenters. The molecule has 1 amide bonds. The number of aromatic amines is 1. The number of aryl methyl sites for hydroxylation is 1. The van der Waals surface area contributed by atoms with Crippen LogP contribution in [0.5, 0.6) is 0 Å². The molecule has 19 heavy (non-hydrogen) atoms. The lowest BCUT2D eigenvalue weighted by atomic mass is 10.2. The van der Waals surface area contributed by atoms with Crippen LogP contribution in [0.4, 0.5) is 0 Å². The first-order chi connectivity index (χ1) is 9.08. The Kier molecular flexibility index (Phi) is 3.85. The molecule has 2 aromatic rings. The largest absolute Gasteiger partial charge is 0.481 e. The molecule has 0 saturated heterocycles. The van der Waals surface area contributed by atoms with Gasteiger partial charge in [0.25, 0.3) is 5.91 Å². The van der Waals surface area contributed by atoms with E-state index in [0.717, 1.165) is 16.5 Å². The highest BCUT2D eigenvalue weighted by molar-refractivity contribution is 5.98. The molecule has 100 valence electrons. The first kappa shape index (κ1) is 13.1. The molecule has 0 bridgehead atoms. The fourth-order valence-electron chi connectivity index (χ4n) is 1.97. The van der Waals surface area contributed by atoms with Crippen molar-refractivity contribution >= 4 is 22.8 Å². The molecule has 5 heteroatoms. The van der Waals surface area contributed by atoms with E-state index in [9.17, 15) is 9.59 Å². The van der Waals surface area contributed by atoms with Crippen LogP contribution in [0.25, 0.3) is 10.9 Å². The van der Waals surface area contributed by atoms with Crippen molar-refractivity contribution in [3.63, 3.8) is 0 Å². The van der Waals surface area contributed by atoms with Crippen molar-refractivity contribution in [2.75, 3.05) is 6.54 Å². The van der Waals surface area contributed by atoms with Gasteiger partial charge >= 0.3 is 5.97 Å². The first-order valence-electron chi connectivity index (χ1n) is 6.16. The fourth-order valence-corrected chi connectivity index (χ4v) is 1.97. The highest BCUT2D eigenvalue weighted by Gasteiger charge is 2.09. The number of carbonyl (C=O) groups is 2. The molecule has 0 aliphatic heterocycles. The van der Waals surface area contributed by atoms with E-state index in [1.807, 2.05) is 25.1 Å². The molecular formula is C14H16N2O3. The lowest BCUT2D eigenvalue weighted by Gasteiger charge is -2.01. The van der Waals surface area contributed by atoms with E-state index in [-0.39, 0.29) is 12.3 Å². The van der Waals surface area contributed by atoms with Crippen molar-refractivity contribution in [2.24, 2.45) is 0 Å². The molecule has 0 radical (unpaired) electrons. The summed E-state index contributed by atoms with van der Waals surface area (Å²) in [6.45, 7) is 2.34. The summed E-state index contributed by atoms with van der Waals surface area (Å²) in [6, 6.07) is 7.67. The quantitative estimate of drug-likeness (QED) is 0.720. The topological polar surface area (TPSA) is 82.2 Å². The minimum Gasteiger partial charge on any atom is -0.481 e. The number of carboxylic acids is 1. The number of rotatable bonds is 5. The van der Waals surface area contributed by atoms with Crippen LogP contribution in [-0.2, 0) is 4.79 Å². The first-order valence-corrected chi connectivity index (χ1v) is 6.16. The van der Waals surface area contributed by atoms with Crippen molar-refractivity contribution < 1.29 is 14.7 Å². The fraction of sp³-hybridized carbons (Fsp3) is 0.286. The highest BCUT2D eigenvalue weighted by atomic mass is 16.4. The zero-order valence-electron chi connectivity index (χ0n) is 10.7. The van der Waals surface area contributed by atoms with Crippen molar-refractivity contribution in [2.45, 2.75) is 19.8 Å². The van der Waals surface area contributed by atoms with Gasteiger partial charge in [0.15, 0.2) is 0 Å². The second-order valence-electron chi connectivity index (χ2n) is 4.48. The molecule has 1 heterocycles. The SMILES string of the molecule is Cc1cccc2cc(C(=O)NCCCC(=O)O)[nH]c12. The Morgan fingerprint density at radius 3 is 2.84 bits per heavy atom. The molecule has 0 fully saturated rings. The third kappa shape index (κ3) is 3.13. The average Bonchev–Trinajstić information content (AvgIpc) is 2.79. The second kappa shape index (κ2) is 5.56. The van der Waals surface area contributed by atoms with Crippen molar-refractivity contribution in [1.82, 2.24) is 10.3 Å². The summed E-state index contributed by atoms with van der Waals surface area (Å²) in [7, 11) is 0. The Labute approximate surface area is 110 Å². The van der Waals surface area contributed by atoms with Crippen LogP contribution >= 0.6 is 0 Å². The maximum atomic E-state index is 11.9. The average molecular weight is 260 g/mol. The zero-order chi connectivity index (χ0) is 13.8. The molecule has 1 aromatic carbocycles. The summed E-state index contributed by atoms with van der Waals surface area (Å²) in [6.07, 6.45) is 0.492. The lowest BCUT2D eigenvalue weighted by molar-refractivity contribution is -0.137. The number of benzene rings is 1. The van der Waals surface area contributed by atoms with Crippen molar-refractivity contribution in [3.05, 3.63) is 35.5 Å². The molecule has 0 saturated carbocycles. The van der Waals surface area contributed by atoms with E-state index in [1.165, 1.54) is 0 Å². The van der Waals surface area contributed by atoms with Gasteiger partial charge in [-0.1, -0.05) is 18.2 Å². The summed E-state index contributed by atoms with van der Waals surface area (Å²) >= 11 is 0. The van der Waals surface area contributed by atoms with Gasteiger partial charge in [0.05, 0.1) is 0 Å². The number of nitrogens with one attached hydrogen (secondary N) is 2. The minimum absolute atomic E-state index is 0.0616. The number of carboxylic acid groups (broad SMARTS) is 1. The van der Waals surface area contributed by atoms with Crippen LogP contribution in [0.3, 0.4) is 0 Å². The number of fused-ring (bicyclic) bond motifs is 1. The smallest absolute Gasteiger partial charge is 0.303 e. The number of carbonyl (C=O) groups excluding carboxylic acids is 1. The number of aromatic nitrogens is 1. The molecule has 2 rings (SSSR count). The third-order valence-corrected chi connectivity index (χ3v) is 2.96. The summed E-state index contributed by atoms with van der Waals surface area (Å²) < 4.78 is 0. The van der Waals surface area contributed by atoms with Gasteiger partial charge in [-0.15, -0.1) is 0 Å². The van der Waals surface area contributed by atoms with Gasteiger partial charge < -0.3 is 15.4 Å². The number of amides is 1. The van der Waals surface area contributed by atoms with Gasteiger partial charge in [-0.2, -0.15) is 0 Å². The van der Waals surface area contributed by atoms with Gasteiger partial charge in [-0.25, -0.2) is 0 Å². The Morgan fingerprint density at radius 2 is 2.16 bits per heavy atom. The molecule has 0 aliphatic carbocycles. The maximum Gasteiger partial charge on any atom is 0.303 e. The monoisotopic (exact) mass is 260 g/mol. The predicted molar refractivity (Wildman–Crippen MR) is 72.2 cm³/mol. The van der Waals surface area contributed by atoms with Crippen LogP contribution < -0.4 is 5.32 Å². The zero-order valence-corrected chi connectivity index (χ0v) is 10.7. The number of H-pyrrole nitrogens is 1.